The van der Waals surface area contributed by atoms with Crippen molar-refractivity contribution in [1.29, 1.82) is 0 Å². The number of nitrogens with zero attached hydrogens (tertiary/aromatic N) is 3. The average molecular weight is 518 g/mol. The monoisotopic (exact) mass is 517 g/mol. The summed E-state index contributed by atoms with van der Waals surface area (Å²) in [7, 11) is 0. The molecule has 1 saturated heterocycles. The van der Waals surface area contributed by atoms with Gasteiger partial charge in [-0.25, -0.2) is 0 Å². The van der Waals surface area contributed by atoms with Gasteiger partial charge in [-0.1, -0.05) is 35.3 Å². The van der Waals surface area contributed by atoms with Crippen LogP contribution in [0.2, 0.25) is 10.0 Å². The molecule has 1 aliphatic rings. The standard InChI is InChI=1S/C27H33Cl2N3O3/c1-21-17-30-32(18-21)13-3-15-34-23-6-4-22(5-7-23)19-31-12-2-10-27(33,11-14-31)20-35-24-8-9-25(28)26(29)16-24/h4-9,16-18,33H,2-3,10-15,19-20H2,1H3/t27-/m0/s1. The fourth-order valence-electron chi connectivity index (χ4n) is 4.28. The fourth-order valence-corrected chi connectivity index (χ4v) is 4.56. The topological polar surface area (TPSA) is 59.8 Å². The van der Waals surface area contributed by atoms with E-state index in [2.05, 4.69) is 22.1 Å². The van der Waals surface area contributed by atoms with E-state index in [9.17, 15) is 5.11 Å². The highest BCUT2D eigenvalue weighted by atomic mass is 35.5. The highest BCUT2D eigenvalue weighted by Crippen LogP contribution is 2.29. The lowest BCUT2D eigenvalue weighted by molar-refractivity contribution is -0.0168. The normalized spacial score (nSPS) is 18.9. The second kappa shape index (κ2) is 12.1. The van der Waals surface area contributed by atoms with Crippen molar-refractivity contribution in [1.82, 2.24) is 14.7 Å². The molecule has 35 heavy (non-hydrogen) atoms. The highest BCUT2D eigenvalue weighted by molar-refractivity contribution is 6.42. The summed E-state index contributed by atoms with van der Waals surface area (Å²) >= 11 is 12.0. The van der Waals surface area contributed by atoms with E-state index in [1.165, 1.54) is 11.1 Å². The van der Waals surface area contributed by atoms with Crippen LogP contribution in [0.1, 0.15) is 36.8 Å². The maximum Gasteiger partial charge on any atom is 0.121 e. The molecule has 1 N–H and O–H groups in total. The first-order valence-corrected chi connectivity index (χ1v) is 12.9. The summed E-state index contributed by atoms with van der Waals surface area (Å²) < 4.78 is 13.7. The first-order chi connectivity index (χ1) is 16.9. The molecule has 2 heterocycles. The first-order valence-electron chi connectivity index (χ1n) is 12.1. The van der Waals surface area contributed by atoms with Crippen LogP contribution in [-0.2, 0) is 13.1 Å². The average Bonchev–Trinajstić information content (AvgIpc) is 3.17. The van der Waals surface area contributed by atoms with Gasteiger partial charge >= 0.3 is 0 Å². The number of likely N-dealkylation sites (tertiary alicyclic amines) is 1. The van der Waals surface area contributed by atoms with Gasteiger partial charge in [-0.3, -0.25) is 9.58 Å². The molecule has 1 aromatic heterocycles. The molecule has 0 aliphatic carbocycles. The Morgan fingerprint density at radius 1 is 1.00 bits per heavy atom. The second-order valence-electron chi connectivity index (χ2n) is 9.35. The van der Waals surface area contributed by atoms with Crippen LogP contribution in [0.5, 0.6) is 11.5 Å². The number of rotatable bonds is 10. The summed E-state index contributed by atoms with van der Waals surface area (Å²) in [6.45, 7) is 6.40. The molecule has 0 spiro atoms. The number of benzene rings is 2. The molecule has 0 saturated carbocycles. The predicted octanol–water partition coefficient (Wildman–Crippen LogP) is 5.76. The minimum atomic E-state index is -0.854. The Morgan fingerprint density at radius 2 is 1.80 bits per heavy atom. The number of aromatic nitrogens is 2. The molecule has 0 bridgehead atoms. The van der Waals surface area contributed by atoms with Gasteiger partial charge < -0.3 is 14.6 Å². The maximum atomic E-state index is 11.1. The van der Waals surface area contributed by atoms with Crippen molar-refractivity contribution in [3.63, 3.8) is 0 Å². The Balaban J connectivity index is 1.19. The third-order valence-electron chi connectivity index (χ3n) is 6.30. The van der Waals surface area contributed by atoms with Gasteiger partial charge in [0.15, 0.2) is 0 Å². The van der Waals surface area contributed by atoms with Crippen molar-refractivity contribution in [3.8, 4) is 11.5 Å². The third kappa shape index (κ3) is 7.87. The zero-order valence-electron chi connectivity index (χ0n) is 20.1. The van der Waals surface area contributed by atoms with E-state index < -0.39 is 5.60 Å². The summed E-state index contributed by atoms with van der Waals surface area (Å²) in [6, 6.07) is 13.5. The summed E-state index contributed by atoms with van der Waals surface area (Å²) in [6.07, 6.45) is 7.10. The van der Waals surface area contributed by atoms with Crippen LogP contribution in [0.15, 0.2) is 54.9 Å². The molecule has 0 amide bonds. The van der Waals surface area contributed by atoms with Crippen molar-refractivity contribution in [3.05, 3.63) is 76.0 Å². The van der Waals surface area contributed by atoms with E-state index in [4.69, 9.17) is 32.7 Å². The molecule has 1 fully saturated rings. The predicted molar refractivity (Wildman–Crippen MR) is 140 cm³/mol. The summed E-state index contributed by atoms with van der Waals surface area (Å²) in [5.74, 6) is 1.50. The van der Waals surface area contributed by atoms with Gasteiger partial charge in [0, 0.05) is 38.3 Å². The Labute approximate surface area is 217 Å². The highest BCUT2D eigenvalue weighted by Gasteiger charge is 2.31. The molecule has 0 unspecified atom stereocenters. The van der Waals surface area contributed by atoms with Crippen LogP contribution in [0.3, 0.4) is 0 Å². The van der Waals surface area contributed by atoms with Crippen molar-refractivity contribution in [2.45, 2.75) is 51.3 Å². The van der Waals surface area contributed by atoms with E-state index in [0.29, 0.717) is 35.2 Å². The number of aryl methyl sites for hydroxylation is 2. The molecular weight excluding hydrogens is 485 g/mol. The van der Waals surface area contributed by atoms with Gasteiger partial charge in [0.05, 0.1) is 28.5 Å². The summed E-state index contributed by atoms with van der Waals surface area (Å²) in [4.78, 5) is 2.39. The molecule has 188 valence electrons. The smallest absolute Gasteiger partial charge is 0.121 e. The Morgan fingerprint density at radius 3 is 2.54 bits per heavy atom. The molecule has 1 aliphatic heterocycles. The quantitative estimate of drug-likeness (QED) is 0.346. The van der Waals surface area contributed by atoms with Crippen LogP contribution in [-0.4, -0.2) is 51.7 Å². The molecule has 6 nitrogen and oxygen atoms in total. The Hall–Kier alpha value is -2.25. The first kappa shape index (κ1) is 25.8. The zero-order valence-corrected chi connectivity index (χ0v) is 21.6. The van der Waals surface area contributed by atoms with Gasteiger partial charge in [-0.15, -0.1) is 0 Å². The van der Waals surface area contributed by atoms with Crippen molar-refractivity contribution < 1.29 is 14.6 Å². The molecule has 0 radical (unpaired) electrons. The maximum absolute atomic E-state index is 11.1. The minimum Gasteiger partial charge on any atom is -0.494 e. The van der Waals surface area contributed by atoms with Gasteiger partial charge in [0.2, 0.25) is 0 Å². The third-order valence-corrected chi connectivity index (χ3v) is 7.04. The van der Waals surface area contributed by atoms with Gasteiger partial charge in [-0.2, -0.15) is 5.10 Å². The molecule has 8 heteroatoms. The minimum absolute atomic E-state index is 0.241. The van der Waals surface area contributed by atoms with E-state index in [1.54, 1.807) is 18.2 Å². The Kier molecular flexibility index (Phi) is 8.95. The van der Waals surface area contributed by atoms with Gasteiger partial charge in [0.25, 0.3) is 0 Å². The van der Waals surface area contributed by atoms with E-state index in [1.807, 2.05) is 36.1 Å². The molecule has 3 aromatic rings. The van der Waals surface area contributed by atoms with Crippen molar-refractivity contribution in [2.24, 2.45) is 0 Å². The van der Waals surface area contributed by atoms with Crippen molar-refractivity contribution in [2.75, 3.05) is 26.3 Å². The van der Waals surface area contributed by atoms with E-state index in [-0.39, 0.29) is 6.61 Å². The summed E-state index contributed by atoms with van der Waals surface area (Å²) in [5.41, 5.74) is 1.56. The molecule has 1 atom stereocenters. The SMILES string of the molecule is Cc1cnn(CCCOc2ccc(CN3CCC[C@@](O)(COc4ccc(Cl)c(Cl)c4)CC3)cc2)c1. The number of halogens is 2. The molecule has 2 aromatic carbocycles. The van der Waals surface area contributed by atoms with Crippen molar-refractivity contribution >= 4 is 23.2 Å². The number of hydrogen-bond donors (Lipinski definition) is 1. The fraction of sp³-hybridized carbons (Fsp3) is 0.444. The second-order valence-corrected chi connectivity index (χ2v) is 10.2. The zero-order chi connectivity index (χ0) is 24.7. The summed E-state index contributed by atoms with van der Waals surface area (Å²) in [5, 5.41) is 16.3. The number of aliphatic hydroxyl groups is 1. The van der Waals surface area contributed by atoms with Crippen LogP contribution < -0.4 is 9.47 Å². The van der Waals surface area contributed by atoms with Crippen LogP contribution in [0.25, 0.3) is 0 Å². The lowest BCUT2D eigenvalue weighted by Crippen LogP contribution is -2.37. The lowest BCUT2D eigenvalue weighted by Gasteiger charge is -2.27. The van der Waals surface area contributed by atoms with Crippen LogP contribution in [0, 0.1) is 6.92 Å². The van der Waals surface area contributed by atoms with Gasteiger partial charge in [-0.05, 0) is 68.1 Å². The van der Waals surface area contributed by atoms with Gasteiger partial charge in [0.1, 0.15) is 18.1 Å². The number of ether oxygens (including phenoxy) is 2. The Bertz CT molecular complexity index is 1090. The van der Waals surface area contributed by atoms with E-state index >= 15 is 0 Å². The number of hydrogen-bond acceptors (Lipinski definition) is 5. The largest absolute Gasteiger partial charge is 0.494 e. The lowest BCUT2D eigenvalue weighted by atomic mass is 9.96. The molecule has 4 rings (SSSR count). The molecular formula is C27H33Cl2N3O3. The van der Waals surface area contributed by atoms with E-state index in [0.717, 1.165) is 44.8 Å². The van der Waals surface area contributed by atoms with Crippen LogP contribution >= 0.6 is 23.2 Å². The van der Waals surface area contributed by atoms with Crippen LogP contribution in [0.4, 0.5) is 0 Å².